The Morgan fingerprint density at radius 2 is 2.07 bits per heavy atom. The third-order valence-electron chi connectivity index (χ3n) is 3.22. The molecule has 1 aliphatic rings. The van der Waals surface area contributed by atoms with Gasteiger partial charge in [0.2, 0.25) is 0 Å². The Kier molecular flexibility index (Phi) is 1.96. The van der Waals surface area contributed by atoms with Gasteiger partial charge in [0.15, 0.2) is 0 Å². The molecule has 0 atom stereocenters. The van der Waals surface area contributed by atoms with Gasteiger partial charge in [-0.2, -0.15) is 0 Å². The van der Waals surface area contributed by atoms with Crippen LogP contribution < -0.4 is 9.75 Å². The van der Waals surface area contributed by atoms with Gasteiger partial charge in [0, 0.05) is 14.6 Å². The molecule has 0 spiro atoms. The lowest BCUT2D eigenvalue weighted by molar-refractivity contribution is 1.08. The van der Waals surface area contributed by atoms with E-state index in [9.17, 15) is 0 Å². The molecule has 0 unspecified atom stereocenters. The van der Waals surface area contributed by atoms with Crippen LogP contribution in [0.2, 0.25) is 0 Å². The standard InChI is InChI=1S/C14H14S/c1-9-5-4-8-12-13(9)11-7-3-6-10(2)14(11)15-12/h3,6-8H,4-5H2,1-2H3. The largest absolute Gasteiger partial charge is 0.135 e. The minimum atomic E-state index is 1.21. The van der Waals surface area contributed by atoms with Gasteiger partial charge in [-0.1, -0.05) is 29.8 Å². The van der Waals surface area contributed by atoms with Crippen LogP contribution in [0, 0.1) is 6.92 Å². The van der Waals surface area contributed by atoms with Crippen molar-refractivity contribution in [2.24, 2.45) is 0 Å². The van der Waals surface area contributed by atoms with Crippen molar-refractivity contribution in [3.05, 3.63) is 33.5 Å². The average molecular weight is 214 g/mol. The first kappa shape index (κ1) is 9.17. The van der Waals surface area contributed by atoms with Gasteiger partial charge < -0.3 is 0 Å². The van der Waals surface area contributed by atoms with Crippen molar-refractivity contribution in [1.82, 2.24) is 0 Å². The van der Waals surface area contributed by atoms with Crippen molar-refractivity contribution in [3.8, 4) is 0 Å². The lowest BCUT2D eigenvalue weighted by atomic mass is 10.0. The zero-order chi connectivity index (χ0) is 10.4. The fourth-order valence-electron chi connectivity index (χ4n) is 2.41. The third kappa shape index (κ3) is 1.26. The molecule has 0 nitrogen and oxygen atoms in total. The molecule has 1 heteroatoms. The summed E-state index contributed by atoms with van der Waals surface area (Å²) in [4.78, 5) is 0. The second kappa shape index (κ2) is 3.21. The van der Waals surface area contributed by atoms with E-state index in [0.29, 0.717) is 0 Å². The van der Waals surface area contributed by atoms with Crippen molar-refractivity contribution >= 4 is 33.1 Å². The molecular weight excluding hydrogens is 200 g/mol. The Balaban J connectivity index is 2.65. The van der Waals surface area contributed by atoms with Crippen LogP contribution in [0.3, 0.4) is 0 Å². The molecule has 0 fully saturated rings. The molecule has 3 rings (SSSR count). The maximum absolute atomic E-state index is 2.40. The molecule has 0 N–H and O–H groups in total. The fourth-order valence-corrected chi connectivity index (χ4v) is 3.72. The van der Waals surface area contributed by atoms with Crippen LogP contribution in [0.1, 0.15) is 25.3 Å². The number of hydrogen-bond donors (Lipinski definition) is 0. The SMILES string of the molecule is CC1=c2c(sc3c(C)cccc23)=CCC1. The van der Waals surface area contributed by atoms with Crippen molar-refractivity contribution in [2.75, 3.05) is 0 Å². The summed E-state index contributed by atoms with van der Waals surface area (Å²) in [6.07, 6.45) is 4.84. The number of benzene rings is 1. The summed E-state index contributed by atoms with van der Waals surface area (Å²) in [5.41, 5.74) is 2.97. The van der Waals surface area contributed by atoms with Crippen LogP contribution in [-0.2, 0) is 0 Å². The van der Waals surface area contributed by atoms with Gasteiger partial charge in [-0.15, -0.1) is 11.3 Å². The molecule has 0 saturated carbocycles. The van der Waals surface area contributed by atoms with Gasteiger partial charge in [0.05, 0.1) is 0 Å². The zero-order valence-corrected chi connectivity index (χ0v) is 9.95. The maximum atomic E-state index is 2.40. The summed E-state index contributed by atoms with van der Waals surface area (Å²) in [6.45, 7) is 4.49. The highest BCUT2D eigenvalue weighted by Gasteiger charge is 2.08. The molecular formula is C14H14S. The van der Waals surface area contributed by atoms with Crippen molar-refractivity contribution in [3.63, 3.8) is 0 Å². The van der Waals surface area contributed by atoms with E-state index in [1.165, 1.54) is 38.2 Å². The molecule has 2 aromatic rings. The van der Waals surface area contributed by atoms with Gasteiger partial charge in [0.1, 0.15) is 0 Å². The highest BCUT2D eigenvalue weighted by atomic mass is 32.1. The van der Waals surface area contributed by atoms with Gasteiger partial charge in [-0.3, -0.25) is 0 Å². The van der Waals surface area contributed by atoms with Gasteiger partial charge in [-0.25, -0.2) is 0 Å². The predicted octanol–water partition coefficient (Wildman–Crippen LogP) is 2.95. The Bertz CT molecular complexity index is 644. The maximum Gasteiger partial charge on any atom is 0.0384 e. The van der Waals surface area contributed by atoms with Gasteiger partial charge in [0.25, 0.3) is 0 Å². The minimum absolute atomic E-state index is 1.21. The number of hydrogen-bond acceptors (Lipinski definition) is 1. The normalized spacial score (nSPS) is 15.2. The smallest absolute Gasteiger partial charge is 0.0384 e. The van der Waals surface area contributed by atoms with E-state index in [2.05, 4.69) is 38.1 Å². The average Bonchev–Trinajstić information content (AvgIpc) is 2.59. The van der Waals surface area contributed by atoms with Crippen LogP contribution in [0.4, 0.5) is 0 Å². The monoisotopic (exact) mass is 214 g/mol. The van der Waals surface area contributed by atoms with Gasteiger partial charge >= 0.3 is 0 Å². The first-order valence-corrected chi connectivity index (χ1v) is 6.27. The minimum Gasteiger partial charge on any atom is -0.135 e. The number of aryl methyl sites for hydroxylation is 1. The van der Waals surface area contributed by atoms with Gasteiger partial charge in [-0.05, 0) is 37.5 Å². The summed E-state index contributed by atoms with van der Waals surface area (Å²) in [6, 6.07) is 6.65. The molecule has 76 valence electrons. The molecule has 1 heterocycles. The van der Waals surface area contributed by atoms with E-state index in [-0.39, 0.29) is 0 Å². The molecule has 0 bridgehead atoms. The fraction of sp³-hybridized carbons (Fsp3) is 0.286. The Morgan fingerprint density at radius 1 is 1.20 bits per heavy atom. The quantitative estimate of drug-likeness (QED) is 0.632. The van der Waals surface area contributed by atoms with E-state index < -0.39 is 0 Å². The highest BCUT2D eigenvalue weighted by molar-refractivity contribution is 7.17. The van der Waals surface area contributed by atoms with Crippen LogP contribution in [0.25, 0.3) is 21.7 Å². The topological polar surface area (TPSA) is 0 Å². The summed E-state index contributed by atoms with van der Waals surface area (Å²) >= 11 is 1.95. The third-order valence-corrected chi connectivity index (χ3v) is 4.55. The summed E-state index contributed by atoms with van der Waals surface area (Å²) in [7, 11) is 0. The Hall–Kier alpha value is -1.08. The molecule has 0 amide bonds. The summed E-state index contributed by atoms with van der Waals surface area (Å²) < 4.78 is 2.96. The molecule has 15 heavy (non-hydrogen) atoms. The lowest BCUT2D eigenvalue weighted by Crippen LogP contribution is -2.23. The summed E-state index contributed by atoms with van der Waals surface area (Å²) in [5.74, 6) is 0. The van der Waals surface area contributed by atoms with E-state index in [0.717, 1.165) is 0 Å². The van der Waals surface area contributed by atoms with Crippen LogP contribution >= 0.6 is 11.3 Å². The van der Waals surface area contributed by atoms with E-state index in [4.69, 9.17) is 0 Å². The first-order chi connectivity index (χ1) is 7.27. The number of thiophene rings is 1. The molecule has 0 aliphatic heterocycles. The molecule has 0 saturated heterocycles. The number of fused-ring (bicyclic) bond motifs is 3. The second-order valence-corrected chi connectivity index (χ2v) is 5.37. The highest BCUT2D eigenvalue weighted by Crippen LogP contribution is 2.20. The van der Waals surface area contributed by atoms with Crippen LogP contribution in [0.15, 0.2) is 18.2 Å². The predicted molar refractivity (Wildman–Crippen MR) is 68.6 cm³/mol. The van der Waals surface area contributed by atoms with Crippen molar-refractivity contribution in [1.29, 1.82) is 0 Å². The summed E-state index contributed by atoms with van der Waals surface area (Å²) in [5, 5.41) is 2.98. The second-order valence-electron chi connectivity index (χ2n) is 4.32. The molecule has 1 aromatic carbocycles. The zero-order valence-electron chi connectivity index (χ0n) is 9.13. The molecule has 0 radical (unpaired) electrons. The van der Waals surface area contributed by atoms with E-state index in [1.54, 1.807) is 5.57 Å². The Morgan fingerprint density at radius 3 is 2.93 bits per heavy atom. The van der Waals surface area contributed by atoms with E-state index in [1.807, 2.05) is 11.3 Å². The van der Waals surface area contributed by atoms with Crippen molar-refractivity contribution < 1.29 is 0 Å². The van der Waals surface area contributed by atoms with Crippen LogP contribution in [0.5, 0.6) is 0 Å². The Labute approximate surface area is 93.6 Å². The number of rotatable bonds is 0. The molecule has 1 aromatic heterocycles. The first-order valence-electron chi connectivity index (χ1n) is 5.45. The van der Waals surface area contributed by atoms with Crippen molar-refractivity contribution in [2.45, 2.75) is 26.7 Å². The van der Waals surface area contributed by atoms with Crippen LogP contribution in [-0.4, -0.2) is 0 Å². The molecule has 1 aliphatic carbocycles. The lowest BCUT2D eigenvalue weighted by Gasteiger charge is -2.02. The van der Waals surface area contributed by atoms with E-state index >= 15 is 0 Å².